The molecule has 3 rings (SSSR count). The van der Waals surface area contributed by atoms with Crippen LogP contribution < -0.4 is 20.1 Å². The number of carboxylic acids is 1. The van der Waals surface area contributed by atoms with E-state index in [2.05, 4.69) is 15.6 Å². The Kier molecular flexibility index (Phi) is 5.88. The van der Waals surface area contributed by atoms with Crippen molar-refractivity contribution in [2.45, 2.75) is 0 Å². The van der Waals surface area contributed by atoms with Crippen LogP contribution in [0.4, 0.5) is 24.4 Å². The molecule has 0 atom stereocenters. The summed E-state index contributed by atoms with van der Waals surface area (Å²) in [6, 6.07) is 6.50. The standard InChI is InChI=1S/C18H13F2N3O5S/c1-27-14-4-2-3-10(20)15(14)28-13-6-5-9(19)7-11(13)21-17(26)23-18-22-12(8-29-18)16(24)25/h2-8H,1H3,(H,24,25)(H2,21,22,23,26). The molecule has 0 aliphatic rings. The van der Waals surface area contributed by atoms with E-state index in [1.807, 2.05) is 0 Å². The number of halogens is 2. The molecule has 0 saturated carbocycles. The topological polar surface area (TPSA) is 110 Å². The molecule has 11 heteroatoms. The summed E-state index contributed by atoms with van der Waals surface area (Å²) in [7, 11) is 1.33. The van der Waals surface area contributed by atoms with Gasteiger partial charge in [-0.05, 0) is 24.3 Å². The van der Waals surface area contributed by atoms with Gasteiger partial charge in [-0.15, -0.1) is 11.3 Å². The number of anilines is 2. The minimum Gasteiger partial charge on any atom is -0.493 e. The van der Waals surface area contributed by atoms with Gasteiger partial charge in [-0.3, -0.25) is 5.32 Å². The number of hydrogen-bond acceptors (Lipinski definition) is 6. The summed E-state index contributed by atoms with van der Waals surface area (Å²) >= 11 is 0.898. The Balaban J connectivity index is 1.82. The number of thiazole rings is 1. The molecule has 29 heavy (non-hydrogen) atoms. The van der Waals surface area contributed by atoms with E-state index in [1.54, 1.807) is 0 Å². The Morgan fingerprint density at radius 3 is 2.62 bits per heavy atom. The van der Waals surface area contributed by atoms with Crippen LogP contribution in [0.1, 0.15) is 10.5 Å². The molecule has 150 valence electrons. The molecule has 2 aromatic carbocycles. The summed E-state index contributed by atoms with van der Waals surface area (Å²) in [6.45, 7) is 0. The van der Waals surface area contributed by atoms with E-state index in [4.69, 9.17) is 14.6 Å². The maximum atomic E-state index is 14.1. The molecule has 8 nitrogen and oxygen atoms in total. The van der Waals surface area contributed by atoms with Gasteiger partial charge in [0.15, 0.2) is 28.1 Å². The predicted octanol–water partition coefficient (Wildman–Crippen LogP) is 4.56. The minimum atomic E-state index is -1.24. The molecule has 3 N–H and O–H groups in total. The van der Waals surface area contributed by atoms with Crippen molar-refractivity contribution in [2.24, 2.45) is 0 Å². The number of urea groups is 1. The second-order valence-electron chi connectivity index (χ2n) is 5.44. The average molecular weight is 421 g/mol. The number of methoxy groups -OCH3 is 1. The summed E-state index contributed by atoms with van der Waals surface area (Å²) in [5, 5.41) is 14.8. The number of hydrogen-bond donors (Lipinski definition) is 3. The second-order valence-corrected chi connectivity index (χ2v) is 6.29. The number of carboxylic acid groups (broad SMARTS) is 1. The number of ether oxygens (including phenoxy) is 2. The van der Waals surface area contributed by atoms with Gasteiger partial charge in [-0.1, -0.05) is 6.07 Å². The first-order valence-electron chi connectivity index (χ1n) is 7.94. The van der Waals surface area contributed by atoms with Crippen LogP contribution in [-0.2, 0) is 0 Å². The van der Waals surface area contributed by atoms with Crippen molar-refractivity contribution in [1.29, 1.82) is 0 Å². The highest BCUT2D eigenvalue weighted by Crippen LogP contribution is 2.37. The van der Waals surface area contributed by atoms with E-state index < -0.39 is 23.6 Å². The fourth-order valence-electron chi connectivity index (χ4n) is 2.23. The molecule has 0 saturated heterocycles. The minimum absolute atomic E-state index is 0.0227. The van der Waals surface area contributed by atoms with Gasteiger partial charge >= 0.3 is 12.0 Å². The number of benzene rings is 2. The molecule has 0 radical (unpaired) electrons. The van der Waals surface area contributed by atoms with E-state index in [1.165, 1.54) is 30.7 Å². The maximum Gasteiger partial charge on any atom is 0.355 e. The summed E-state index contributed by atoms with van der Waals surface area (Å²) < 4.78 is 38.4. The largest absolute Gasteiger partial charge is 0.493 e. The highest BCUT2D eigenvalue weighted by molar-refractivity contribution is 7.14. The maximum absolute atomic E-state index is 14.1. The molecule has 0 aliphatic carbocycles. The molecule has 0 bridgehead atoms. The number of carbonyl (C=O) groups excluding carboxylic acids is 1. The van der Waals surface area contributed by atoms with E-state index in [-0.39, 0.29) is 33.8 Å². The Hall–Kier alpha value is -3.73. The number of nitrogens with zero attached hydrogens (tertiary/aromatic N) is 1. The zero-order valence-corrected chi connectivity index (χ0v) is 15.5. The Morgan fingerprint density at radius 1 is 1.14 bits per heavy atom. The third-order valence-corrected chi connectivity index (χ3v) is 4.25. The molecular weight excluding hydrogens is 408 g/mol. The normalized spacial score (nSPS) is 10.3. The van der Waals surface area contributed by atoms with Crippen molar-refractivity contribution < 1.29 is 33.0 Å². The number of amides is 2. The van der Waals surface area contributed by atoms with Gasteiger partial charge < -0.3 is 19.9 Å². The summed E-state index contributed by atoms with van der Waals surface area (Å²) in [5.41, 5.74) is -0.324. The molecule has 0 fully saturated rings. The Labute approximate surface area is 166 Å². The van der Waals surface area contributed by atoms with Crippen LogP contribution in [0.2, 0.25) is 0 Å². The van der Waals surface area contributed by atoms with E-state index in [0.29, 0.717) is 0 Å². The number of aromatic carboxylic acids is 1. The van der Waals surface area contributed by atoms with Crippen LogP contribution in [0.15, 0.2) is 41.8 Å². The molecule has 1 heterocycles. The lowest BCUT2D eigenvalue weighted by atomic mass is 10.2. The van der Waals surface area contributed by atoms with Crippen LogP contribution in [0, 0.1) is 11.6 Å². The van der Waals surface area contributed by atoms with Gasteiger partial charge in [0.2, 0.25) is 5.75 Å². The molecule has 2 amide bonds. The molecule has 0 unspecified atom stereocenters. The Bertz CT molecular complexity index is 1070. The molecule has 0 aliphatic heterocycles. The van der Waals surface area contributed by atoms with Crippen molar-refractivity contribution in [3.8, 4) is 17.2 Å². The van der Waals surface area contributed by atoms with Crippen molar-refractivity contribution >= 4 is 34.2 Å². The number of nitrogens with one attached hydrogen (secondary N) is 2. The zero-order valence-electron chi connectivity index (χ0n) is 14.7. The third kappa shape index (κ3) is 4.76. The van der Waals surface area contributed by atoms with Crippen LogP contribution in [-0.4, -0.2) is 29.2 Å². The van der Waals surface area contributed by atoms with Crippen LogP contribution in [0.25, 0.3) is 0 Å². The van der Waals surface area contributed by atoms with Crippen molar-refractivity contribution in [2.75, 3.05) is 17.7 Å². The third-order valence-electron chi connectivity index (χ3n) is 3.50. The van der Waals surface area contributed by atoms with Gasteiger partial charge in [-0.25, -0.2) is 23.4 Å². The van der Waals surface area contributed by atoms with Crippen molar-refractivity contribution in [3.63, 3.8) is 0 Å². The van der Waals surface area contributed by atoms with Crippen LogP contribution in [0.3, 0.4) is 0 Å². The van der Waals surface area contributed by atoms with Gasteiger partial charge in [0.25, 0.3) is 0 Å². The van der Waals surface area contributed by atoms with Gasteiger partial charge in [-0.2, -0.15) is 0 Å². The van der Waals surface area contributed by atoms with Crippen LogP contribution in [0.5, 0.6) is 17.2 Å². The number of carbonyl (C=O) groups is 2. The lowest BCUT2D eigenvalue weighted by Crippen LogP contribution is -2.20. The highest BCUT2D eigenvalue weighted by Gasteiger charge is 2.17. The fourth-order valence-corrected chi connectivity index (χ4v) is 2.91. The number of para-hydroxylation sites is 1. The smallest absolute Gasteiger partial charge is 0.355 e. The first-order chi connectivity index (χ1) is 13.9. The SMILES string of the molecule is COc1cccc(F)c1Oc1ccc(F)cc1NC(=O)Nc1nc(C(=O)O)cs1. The lowest BCUT2D eigenvalue weighted by Gasteiger charge is -2.15. The van der Waals surface area contributed by atoms with Gasteiger partial charge in [0.1, 0.15) is 5.82 Å². The van der Waals surface area contributed by atoms with Crippen molar-refractivity contribution in [3.05, 3.63) is 59.1 Å². The van der Waals surface area contributed by atoms with Crippen molar-refractivity contribution in [1.82, 2.24) is 4.98 Å². The molecule has 3 aromatic rings. The fraction of sp³-hybridized carbons (Fsp3) is 0.0556. The second kappa shape index (κ2) is 8.52. The molecule has 0 spiro atoms. The van der Waals surface area contributed by atoms with E-state index >= 15 is 0 Å². The average Bonchev–Trinajstić information content (AvgIpc) is 3.13. The predicted molar refractivity (Wildman–Crippen MR) is 101 cm³/mol. The summed E-state index contributed by atoms with van der Waals surface area (Å²) in [6.07, 6.45) is 0. The number of rotatable bonds is 6. The van der Waals surface area contributed by atoms with Gasteiger partial charge in [0, 0.05) is 11.4 Å². The van der Waals surface area contributed by atoms with Crippen LogP contribution >= 0.6 is 11.3 Å². The summed E-state index contributed by atoms with van der Waals surface area (Å²) in [4.78, 5) is 26.7. The van der Waals surface area contributed by atoms with E-state index in [9.17, 15) is 18.4 Å². The first-order valence-corrected chi connectivity index (χ1v) is 8.82. The van der Waals surface area contributed by atoms with E-state index in [0.717, 1.165) is 29.5 Å². The summed E-state index contributed by atoms with van der Waals surface area (Å²) in [5.74, 6) is -2.81. The first kappa shape index (κ1) is 20.0. The zero-order chi connectivity index (χ0) is 21.0. The Morgan fingerprint density at radius 2 is 1.93 bits per heavy atom. The van der Waals surface area contributed by atoms with Gasteiger partial charge in [0.05, 0.1) is 12.8 Å². The number of aromatic nitrogens is 1. The monoisotopic (exact) mass is 421 g/mol. The molecular formula is C18H13F2N3O5S. The quantitative estimate of drug-likeness (QED) is 0.538. The lowest BCUT2D eigenvalue weighted by molar-refractivity contribution is 0.0691. The highest BCUT2D eigenvalue weighted by atomic mass is 32.1. The molecule has 1 aromatic heterocycles.